The van der Waals surface area contributed by atoms with E-state index in [2.05, 4.69) is 15.6 Å². The molecule has 0 saturated heterocycles. The lowest BCUT2D eigenvalue weighted by Gasteiger charge is -2.06. The van der Waals surface area contributed by atoms with E-state index in [0.29, 0.717) is 5.56 Å². The molecule has 1 heterocycles. The van der Waals surface area contributed by atoms with Crippen LogP contribution < -0.4 is 5.32 Å². The van der Waals surface area contributed by atoms with E-state index in [1.165, 1.54) is 0 Å². The molecule has 0 atom stereocenters. The molecule has 2 rings (SSSR count). The molecule has 0 fully saturated rings. The number of carbonyl (C=O) groups is 1. The van der Waals surface area contributed by atoms with E-state index in [1.807, 2.05) is 6.20 Å². The first-order chi connectivity index (χ1) is 8.75. The summed E-state index contributed by atoms with van der Waals surface area (Å²) in [7, 11) is 0. The smallest absolute Gasteiger partial charge is 0.335 e. The average molecular weight is 246 g/mol. The van der Waals surface area contributed by atoms with Crippen molar-refractivity contribution in [2.45, 2.75) is 13.0 Å². The summed E-state index contributed by atoms with van der Waals surface area (Å²) in [4.78, 5) is 10.7. The van der Waals surface area contributed by atoms with Gasteiger partial charge in [0.15, 0.2) is 0 Å². The molecule has 0 aliphatic rings. The van der Waals surface area contributed by atoms with E-state index >= 15 is 0 Å². The van der Waals surface area contributed by atoms with Crippen molar-refractivity contribution in [1.29, 1.82) is 0 Å². The van der Waals surface area contributed by atoms with Crippen molar-refractivity contribution < 1.29 is 9.90 Å². The number of hydrogen-bond donors (Lipinski definition) is 2. The van der Waals surface area contributed by atoms with Gasteiger partial charge in [0.05, 0.1) is 11.8 Å². The maximum atomic E-state index is 10.7. The van der Waals surface area contributed by atoms with Gasteiger partial charge in [-0.25, -0.2) is 4.79 Å². The Bertz CT molecular complexity index is 493. The van der Waals surface area contributed by atoms with E-state index in [4.69, 9.17) is 5.11 Å². The minimum absolute atomic E-state index is 0.295. The lowest BCUT2D eigenvalue weighted by Crippen LogP contribution is -2.07. The summed E-state index contributed by atoms with van der Waals surface area (Å²) in [5.74, 6) is -0.910. The van der Waals surface area contributed by atoms with Gasteiger partial charge in [-0.15, -0.1) is 5.10 Å². The predicted molar refractivity (Wildman–Crippen MR) is 66.5 cm³/mol. The van der Waals surface area contributed by atoms with Crippen molar-refractivity contribution in [1.82, 2.24) is 15.0 Å². The molecule has 2 N–H and O–H groups in total. The zero-order valence-corrected chi connectivity index (χ0v) is 9.78. The number of rotatable bonds is 6. The number of hydrogen-bond acceptors (Lipinski definition) is 4. The fourth-order valence-electron chi connectivity index (χ4n) is 1.56. The summed E-state index contributed by atoms with van der Waals surface area (Å²) in [5.41, 5.74) is 1.21. The van der Waals surface area contributed by atoms with Crippen LogP contribution >= 0.6 is 0 Å². The first-order valence-electron chi connectivity index (χ1n) is 5.67. The zero-order valence-electron chi connectivity index (χ0n) is 9.78. The largest absolute Gasteiger partial charge is 0.478 e. The maximum absolute atomic E-state index is 10.7. The Morgan fingerprint density at radius 3 is 2.72 bits per heavy atom. The molecule has 0 bridgehead atoms. The maximum Gasteiger partial charge on any atom is 0.335 e. The Balaban J connectivity index is 1.75. The van der Waals surface area contributed by atoms with Gasteiger partial charge >= 0.3 is 5.97 Å². The Kier molecular flexibility index (Phi) is 3.90. The first kappa shape index (κ1) is 12.1. The van der Waals surface area contributed by atoms with Crippen LogP contribution in [0.3, 0.4) is 0 Å². The number of carboxylic acid groups (broad SMARTS) is 1. The van der Waals surface area contributed by atoms with Crippen LogP contribution in [-0.4, -0.2) is 32.6 Å². The molecule has 94 valence electrons. The molecular weight excluding hydrogens is 232 g/mol. The molecule has 1 aromatic heterocycles. The second kappa shape index (κ2) is 5.81. The van der Waals surface area contributed by atoms with E-state index in [-0.39, 0.29) is 0 Å². The van der Waals surface area contributed by atoms with Crippen molar-refractivity contribution in [2.75, 3.05) is 11.9 Å². The van der Waals surface area contributed by atoms with E-state index < -0.39 is 5.97 Å². The number of nitrogens with one attached hydrogen (secondary N) is 1. The van der Waals surface area contributed by atoms with Crippen molar-refractivity contribution in [2.24, 2.45) is 0 Å². The lowest BCUT2D eigenvalue weighted by molar-refractivity contribution is 0.0697. The second-order valence-electron chi connectivity index (χ2n) is 3.83. The number of aromatic carboxylic acids is 1. The highest BCUT2D eigenvalue weighted by molar-refractivity contribution is 5.87. The van der Waals surface area contributed by atoms with Crippen molar-refractivity contribution >= 4 is 11.7 Å². The first-order valence-corrected chi connectivity index (χ1v) is 5.67. The molecule has 18 heavy (non-hydrogen) atoms. The van der Waals surface area contributed by atoms with Crippen LogP contribution in [0.4, 0.5) is 5.69 Å². The monoisotopic (exact) mass is 246 g/mol. The molecule has 0 aliphatic carbocycles. The van der Waals surface area contributed by atoms with Gasteiger partial charge in [-0.3, -0.25) is 4.68 Å². The van der Waals surface area contributed by atoms with Gasteiger partial charge in [-0.05, 0) is 30.7 Å². The number of carboxylic acids is 1. The molecule has 6 heteroatoms. The highest BCUT2D eigenvalue weighted by atomic mass is 16.4. The SMILES string of the molecule is O=C(O)c1ccc(NCCCn2ccnn2)cc1. The van der Waals surface area contributed by atoms with Crippen LogP contribution in [0.25, 0.3) is 0 Å². The Labute approximate surface area is 104 Å². The zero-order chi connectivity index (χ0) is 12.8. The molecule has 0 amide bonds. The van der Waals surface area contributed by atoms with Gasteiger partial charge in [0.2, 0.25) is 0 Å². The fourth-order valence-corrected chi connectivity index (χ4v) is 1.56. The third kappa shape index (κ3) is 3.31. The van der Waals surface area contributed by atoms with Gasteiger partial charge in [-0.1, -0.05) is 5.21 Å². The number of aryl methyl sites for hydroxylation is 1. The standard InChI is InChI=1S/C12H14N4O2/c17-12(18)10-2-4-11(5-3-10)13-6-1-8-16-9-7-14-15-16/h2-5,7,9,13H,1,6,8H2,(H,17,18). The summed E-state index contributed by atoms with van der Waals surface area (Å²) >= 11 is 0. The van der Waals surface area contributed by atoms with Gasteiger partial charge in [0.1, 0.15) is 0 Å². The number of benzene rings is 1. The number of aromatic nitrogens is 3. The van der Waals surface area contributed by atoms with Gasteiger partial charge in [-0.2, -0.15) is 0 Å². The molecule has 0 aliphatic heterocycles. The predicted octanol–water partition coefficient (Wildman–Crippen LogP) is 1.48. The summed E-state index contributed by atoms with van der Waals surface area (Å²) in [6.45, 7) is 1.60. The van der Waals surface area contributed by atoms with E-state index in [9.17, 15) is 4.79 Å². The second-order valence-corrected chi connectivity index (χ2v) is 3.83. The Morgan fingerprint density at radius 2 is 2.11 bits per heavy atom. The van der Waals surface area contributed by atoms with Crippen LogP contribution in [-0.2, 0) is 6.54 Å². The quantitative estimate of drug-likeness (QED) is 0.754. The van der Waals surface area contributed by atoms with Gasteiger partial charge in [0, 0.05) is 25.0 Å². The molecule has 2 aromatic rings. The Morgan fingerprint density at radius 1 is 1.33 bits per heavy atom. The molecule has 0 saturated carbocycles. The molecule has 6 nitrogen and oxygen atoms in total. The summed E-state index contributed by atoms with van der Waals surface area (Å²) in [6, 6.07) is 6.70. The minimum Gasteiger partial charge on any atom is -0.478 e. The summed E-state index contributed by atoms with van der Waals surface area (Å²) in [6.07, 6.45) is 4.39. The van der Waals surface area contributed by atoms with E-state index in [1.54, 1.807) is 35.1 Å². The molecule has 0 spiro atoms. The topological polar surface area (TPSA) is 80.0 Å². The van der Waals surface area contributed by atoms with Gasteiger partial charge < -0.3 is 10.4 Å². The third-order valence-electron chi connectivity index (χ3n) is 2.50. The van der Waals surface area contributed by atoms with E-state index in [0.717, 1.165) is 25.2 Å². The van der Waals surface area contributed by atoms with Crippen LogP contribution in [0.2, 0.25) is 0 Å². The fraction of sp³-hybridized carbons (Fsp3) is 0.250. The molecule has 0 radical (unpaired) electrons. The number of nitrogens with zero attached hydrogens (tertiary/aromatic N) is 3. The summed E-state index contributed by atoms with van der Waals surface area (Å²) < 4.78 is 1.77. The lowest BCUT2D eigenvalue weighted by atomic mass is 10.2. The highest BCUT2D eigenvalue weighted by Gasteiger charge is 2.01. The molecule has 0 unspecified atom stereocenters. The molecular formula is C12H14N4O2. The minimum atomic E-state index is -0.910. The van der Waals surface area contributed by atoms with Crippen molar-refractivity contribution in [3.05, 3.63) is 42.2 Å². The third-order valence-corrected chi connectivity index (χ3v) is 2.50. The Hall–Kier alpha value is -2.37. The molecule has 1 aromatic carbocycles. The summed E-state index contributed by atoms with van der Waals surface area (Å²) in [5, 5.41) is 19.6. The van der Waals surface area contributed by atoms with Crippen LogP contribution in [0.1, 0.15) is 16.8 Å². The van der Waals surface area contributed by atoms with Gasteiger partial charge in [0.25, 0.3) is 0 Å². The van der Waals surface area contributed by atoms with Crippen LogP contribution in [0.5, 0.6) is 0 Å². The van der Waals surface area contributed by atoms with Crippen LogP contribution in [0.15, 0.2) is 36.7 Å². The van der Waals surface area contributed by atoms with Crippen molar-refractivity contribution in [3.63, 3.8) is 0 Å². The van der Waals surface area contributed by atoms with Crippen LogP contribution in [0, 0.1) is 0 Å². The average Bonchev–Trinajstić information content (AvgIpc) is 2.88. The normalized spacial score (nSPS) is 10.2. The highest BCUT2D eigenvalue weighted by Crippen LogP contribution is 2.09. The number of anilines is 1. The van der Waals surface area contributed by atoms with Crippen molar-refractivity contribution in [3.8, 4) is 0 Å².